The molecule has 0 saturated carbocycles. The Morgan fingerprint density at radius 1 is 0.966 bits per heavy atom. The van der Waals surface area contributed by atoms with E-state index in [-0.39, 0.29) is 11.5 Å². The highest BCUT2D eigenvalue weighted by atomic mass is 16.2. The van der Waals surface area contributed by atoms with Crippen LogP contribution >= 0.6 is 0 Å². The van der Waals surface area contributed by atoms with Gasteiger partial charge in [0.2, 0.25) is 5.56 Å². The highest BCUT2D eigenvalue weighted by Gasteiger charge is 2.36. The van der Waals surface area contributed by atoms with Gasteiger partial charge in [0.1, 0.15) is 0 Å². The summed E-state index contributed by atoms with van der Waals surface area (Å²) in [5.74, 6) is 0.459. The number of piperidine rings is 1. The van der Waals surface area contributed by atoms with Crippen molar-refractivity contribution in [3.8, 4) is 0 Å². The minimum atomic E-state index is -0.226. The lowest BCUT2D eigenvalue weighted by Gasteiger charge is -2.36. The summed E-state index contributed by atoms with van der Waals surface area (Å²) in [4.78, 5) is 32.9. The second-order valence-electron chi connectivity index (χ2n) is 8.32. The molecule has 148 valence electrons. The van der Waals surface area contributed by atoms with Crippen LogP contribution in [0.2, 0.25) is 0 Å². The van der Waals surface area contributed by atoms with Gasteiger partial charge in [0.15, 0.2) is 0 Å². The Bertz CT molecular complexity index is 1090. The number of amides is 1. The zero-order valence-electron chi connectivity index (χ0n) is 16.4. The predicted molar refractivity (Wildman–Crippen MR) is 114 cm³/mol. The molecule has 0 spiro atoms. The van der Waals surface area contributed by atoms with Crippen LogP contribution in [0.5, 0.6) is 0 Å². The number of rotatable bonds is 3. The van der Waals surface area contributed by atoms with Crippen molar-refractivity contribution in [1.29, 1.82) is 0 Å². The van der Waals surface area contributed by atoms with Gasteiger partial charge >= 0.3 is 0 Å². The van der Waals surface area contributed by atoms with E-state index in [1.165, 1.54) is 11.6 Å². The monoisotopic (exact) mass is 387 g/mol. The van der Waals surface area contributed by atoms with Gasteiger partial charge < -0.3 is 9.88 Å². The molecule has 1 N–H and O–H groups in total. The number of aromatic nitrogens is 1. The number of hydrogen-bond donors (Lipinski definition) is 1. The minimum absolute atomic E-state index is 0.0224. The first-order valence-electron chi connectivity index (χ1n) is 10.4. The summed E-state index contributed by atoms with van der Waals surface area (Å²) in [6.07, 6.45) is 2.28. The largest absolute Gasteiger partial charge is 0.337 e. The van der Waals surface area contributed by atoms with Gasteiger partial charge in [0.05, 0.1) is 5.56 Å². The molecule has 2 bridgehead atoms. The van der Waals surface area contributed by atoms with Gasteiger partial charge in [-0.3, -0.25) is 14.5 Å². The molecule has 3 fully saturated rings. The molecule has 2 aromatic carbocycles. The molecular formula is C24H25N3O2. The van der Waals surface area contributed by atoms with Crippen LogP contribution in [-0.4, -0.2) is 46.4 Å². The van der Waals surface area contributed by atoms with Crippen molar-refractivity contribution in [2.45, 2.75) is 25.4 Å². The van der Waals surface area contributed by atoms with E-state index >= 15 is 0 Å². The fourth-order valence-corrected chi connectivity index (χ4v) is 4.91. The normalized spacial score (nSPS) is 22.0. The van der Waals surface area contributed by atoms with Gasteiger partial charge in [-0.1, -0.05) is 48.5 Å². The van der Waals surface area contributed by atoms with Crippen molar-refractivity contribution >= 4 is 16.8 Å². The van der Waals surface area contributed by atoms with Crippen molar-refractivity contribution in [1.82, 2.24) is 14.8 Å². The standard InChI is InChI=1S/C24H25N3O2/c28-23-12-21(20-8-4-5-9-22(20)25-23)24(29)27-15-18-10-11-19(16-27)26(14-18)13-17-6-2-1-3-7-17/h1-9,12,18-19H,10-11,13-16H2,(H,25,28)/t18-,19-/m1/s1. The molecule has 1 aromatic heterocycles. The lowest BCUT2D eigenvalue weighted by atomic mass is 9.94. The summed E-state index contributed by atoms with van der Waals surface area (Å²) in [6.45, 7) is 3.45. The van der Waals surface area contributed by atoms with Crippen molar-refractivity contribution in [3.63, 3.8) is 0 Å². The third kappa shape index (κ3) is 3.58. The number of H-pyrrole nitrogens is 1. The van der Waals surface area contributed by atoms with Crippen LogP contribution in [0, 0.1) is 5.92 Å². The quantitative estimate of drug-likeness (QED) is 0.751. The maximum absolute atomic E-state index is 13.5. The number of pyridine rings is 1. The number of para-hydroxylation sites is 1. The number of nitrogens with one attached hydrogen (secondary N) is 1. The van der Waals surface area contributed by atoms with Gasteiger partial charge in [0, 0.05) is 49.2 Å². The molecule has 5 nitrogen and oxygen atoms in total. The molecule has 0 aliphatic carbocycles. The highest BCUT2D eigenvalue weighted by Crippen LogP contribution is 2.30. The van der Waals surface area contributed by atoms with Gasteiger partial charge in [0.25, 0.3) is 5.91 Å². The smallest absolute Gasteiger partial charge is 0.254 e. The second kappa shape index (κ2) is 7.48. The van der Waals surface area contributed by atoms with Crippen LogP contribution in [0.25, 0.3) is 10.9 Å². The fraction of sp³-hybridized carbons (Fsp3) is 0.333. The average molecular weight is 387 g/mol. The van der Waals surface area contributed by atoms with E-state index in [9.17, 15) is 9.59 Å². The molecule has 6 rings (SSSR count). The number of carbonyl (C=O) groups excluding carboxylic acids is 1. The van der Waals surface area contributed by atoms with E-state index in [0.29, 0.717) is 23.0 Å². The summed E-state index contributed by atoms with van der Waals surface area (Å²) in [5.41, 5.74) is 2.32. The molecule has 5 heteroatoms. The number of aromatic amines is 1. The molecule has 0 unspecified atom stereocenters. The molecule has 0 radical (unpaired) electrons. The third-order valence-electron chi connectivity index (χ3n) is 6.32. The van der Waals surface area contributed by atoms with E-state index in [0.717, 1.165) is 44.4 Å². The Morgan fingerprint density at radius 2 is 1.76 bits per heavy atom. The van der Waals surface area contributed by atoms with E-state index in [4.69, 9.17) is 0 Å². The van der Waals surface area contributed by atoms with E-state index < -0.39 is 0 Å². The van der Waals surface area contributed by atoms with Crippen LogP contribution in [0.3, 0.4) is 0 Å². The lowest BCUT2D eigenvalue weighted by molar-refractivity contribution is 0.0737. The highest BCUT2D eigenvalue weighted by molar-refractivity contribution is 6.06. The fourth-order valence-electron chi connectivity index (χ4n) is 4.91. The maximum atomic E-state index is 13.5. The molecule has 3 aliphatic rings. The predicted octanol–water partition coefficient (Wildman–Crippen LogP) is 3.26. The summed E-state index contributed by atoms with van der Waals surface area (Å²) in [7, 11) is 0. The lowest BCUT2D eigenvalue weighted by Crippen LogP contribution is -2.44. The summed E-state index contributed by atoms with van der Waals surface area (Å²) in [5, 5.41) is 0.815. The number of benzene rings is 2. The van der Waals surface area contributed by atoms with Gasteiger partial charge in [-0.15, -0.1) is 0 Å². The van der Waals surface area contributed by atoms with Gasteiger partial charge in [-0.25, -0.2) is 0 Å². The topological polar surface area (TPSA) is 56.4 Å². The molecule has 3 aliphatic heterocycles. The first-order chi connectivity index (χ1) is 14.2. The summed E-state index contributed by atoms with van der Waals surface area (Å²) >= 11 is 0. The van der Waals surface area contributed by atoms with E-state index in [1.807, 2.05) is 35.2 Å². The Labute approximate surface area is 170 Å². The van der Waals surface area contributed by atoms with E-state index in [2.05, 4.69) is 34.1 Å². The zero-order chi connectivity index (χ0) is 19.8. The molecule has 29 heavy (non-hydrogen) atoms. The maximum Gasteiger partial charge on any atom is 0.254 e. The van der Waals surface area contributed by atoms with Crippen LogP contribution in [0.15, 0.2) is 65.5 Å². The average Bonchev–Trinajstić information content (AvgIpc) is 3.05. The van der Waals surface area contributed by atoms with Gasteiger partial charge in [-0.05, 0) is 30.4 Å². The Kier molecular flexibility index (Phi) is 4.68. The zero-order valence-corrected chi connectivity index (χ0v) is 16.4. The molecule has 3 saturated heterocycles. The van der Waals surface area contributed by atoms with Crippen LogP contribution < -0.4 is 5.56 Å². The molecule has 3 aromatic rings. The van der Waals surface area contributed by atoms with Crippen molar-refractivity contribution in [2.75, 3.05) is 19.6 Å². The molecule has 4 heterocycles. The van der Waals surface area contributed by atoms with Crippen molar-refractivity contribution < 1.29 is 4.79 Å². The van der Waals surface area contributed by atoms with Gasteiger partial charge in [-0.2, -0.15) is 0 Å². The van der Waals surface area contributed by atoms with Crippen molar-refractivity contribution in [2.24, 2.45) is 5.92 Å². The van der Waals surface area contributed by atoms with Crippen molar-refractivity contribution in [3.05, 3.63) is 82.1 Å². The van der Waals surface area contributed by atoms with E-state index in [1.54, 1.807) is 0 Å². The van der Waals surface area contributed by atoms with Crippen LogP contribution in [0.1, 0.15) is 28.8 Å². The molecular weight excluding hydrogens is 362 g/mol. The SMILES string of the molecule is O=C(c1cc(=O)[nH]c2ccccc12)N1C[C@@H]2CC[C@H](C1)N(Cc1ccccc1)C2. The first-order valence-corrected chi connectivity index (χ1v) is 10.4. The number of fused-ring (bicyclic) bond motifs is 5. The second-order valence-corrected chi connectivity index (χ2v) is 8.32. The van der Waals surface area contributed by atoms with Crippen LogP contribution in [0.4, 0.5) is 0 Å². The Morgan fingerprint density at radius 3 is 2.62 bits per heavy atom. The first kappa shape index (κ1) is 18.1. The molecule has 2 atom stereocenters. The number of nitrogens with zero attached hydrogens (tertiary/aromatic N) is 2. The number of carbonyl (C=O) groups is 1. The third-order valence-corrected chi connectivity index (χ3v) is 6.32. The minimum Gasteiger partial charge on any atom is -0.337 e. The van der Waals surface area contributed by atoms with Crippen LogP contribution in [-0.2, 0) is 6.54 Å². The Hall–Kier alpha value is -2.92. The summed E-state index contributed by atoms with van der Waals surface area (Å²) in [6, 6.07) is 19.9. The Balaban J connectivity index is 1.42. The molecule has 1 amide bonds. The summed E-state index contributed by atoms with van der Waals surface area (Å²) < 4.78 is 0. The number of hydrogen-bond acceptors (Lipinski definition) is 3.